The molecule has 16 heavy (non-hydrogen) atoms. The summed E-state index contributed by atoms with van der Waals surface area (Å²) in [6.07, 6.45) is 0. The average Bonchev–Trinajstić information content (AvgIpc) is 2.30. The molecule has 0 bridgehead atoms. The lowest BCUT2D eigenvalue weighted by molar-refractivity contribution is 1.12. The number of hydrogen-bond donors (Lipinski definition) is 3. The van der Waals surface area contributed by atoms with Crippen molar-refractivity contribution in [1.82, 2.24) is 0 Å². The minimum absolute atomic E-state index is 0.332. The van der Waals surface area contributed by atoms with Crippen LogP contribution in [0.15, 0.2) is 0 Å². The van der Waals surface area contributed by atoms with E-state index in [2.05, 4.69) is 60.5 Å². The maximum Gasteiger partial charge on any atom is 0.0212 e. The van der Waals surface area contributed by atoms with Crippen molar-refractivity contribution in [3.05, 3.63) is 0 Å². The van der Waals surface area contributed by atoms with E-state index in [-0.39, 0.29) is 0 Å². The molecule has 2 unspecified atom stereocenters. The first-order valence-corrected chi connectivity index (χ1v) is 12.1. The Balaban J connectivity index is 2.09. The largest absolute Gasteiger partial charge is 0.243 e. The van der Waals surface area contributed by atoms with Gasteiger partial charge in [0.25, 0.3) is 0 Å². The van der Waals surface area contributed by atoms with Gasteiger partial charge in [0.1, 0.15) is 0 Å². The predicted octanol–water partition coefficient (Wildman–Crippen LogP) is 3.39. The summed E-state index contributed by atoms with van der Waals surface area (Å²) in [5.74, 6) is 10.2. The van der Waals surface area contributed by atoms with Gasteiger partial charge in [-0.15, -0.1) is 0 Å². The molecular formula is C10H22S6. The standard InChI is InChI=1S/C10H22S6/c11-1-3-13-7-10-8-16(6-5-15-10)9-14-4-2-12/h10-12,16H,1-9H2. The van der Waals surface area contributed by atoms with E-state index in [0.29, 0.717) is 10.9 Å². The van der Waals surface area contributed by atoms with Crippen LogP contribution in [0.3, 0.4) is 0 Å². The fourth-order valence-electron chi connectivity index (χ4n) is 1.54. The SMILES string of the molecule is SCCSCC1C[SH](CSCCS)CCS1. The molecule has 6 heteroatoms. The van der Waals surface area contributed by atoms with Crippen LogP contribution in [-0.4, -0.2) is 56.4 Å². The van der Waals surface area contributed by atoms with Crippen molar-refractivity contribution in [1.29, 1.82) is 0 Å². The Hall–Kier alpha value is 2.10. The van der Waals surface area contributed by atoms with Crippen molar-refractivity contribution in [3.63, 3.8) is 0 Å². The number of thiol groups is 3. The Bertz CT molecular complexity index is 149. The van der Waals surface area contributed by atoms with E-state index in [1.165, 1.54) is 39.6 Å². The van der Waals surface area contributed by atoms with Crippen LogP contribution in [-0.2, 0) is 0 Å². The molecule has 0 nitrogen and oxygen atoms in total. The van der Waals surface area contributed by atoms with Gasteiger partial charge in [-0.05, 0) is 23.0 Å². The molecule has 1 rings (SSSR count). The van der Waals surface area contributed by atoms with E-state index in [4.69, 9.17) is 0 Å². The van der Waals surface area contributed by atoms with Crippen LogP contribution in [0, 0.1) is 0 Å². The van der Waals surface area contributed by atoms with Gasteiger partial charge in [0.2, 0.25) is 0 Å². The van der Waals surface area contributed by atoms with E-state index < -0.39 is 0 Å². The van der Waals surface area contributed by atoms with Gasteiger partial charge in [-0.1, -0.05) is 0 Å². The Kier molecular flexibility index (Phi) is 11.1. The van der Waals surface area contributed by atoms with Crippen LogP contribution in [0.4, 0.5) is 0 Å². The number of thioether (sulfide) groups is 3. The molecule has 0 aromatic rings. The second kappa shape index (κ2) is 11.0. The predicted molar refractivity (Wildman–Crippen MR) is 97.3 cm³/mol. The molecule has 0 amide bonds. The van der Waals surface area contributed by atoms with Crippen LogP contribution >= 0.6 is 71.4 Å². The maximum atomic E-state index is 4.26. The third-order valence-electron chi connectivity index (χ3n) is 2.27. The molecular weight excluding hydrogens is 313 g/mol. The molecule has 1 fully saturated rings. The van der Waals surface area contributed by atoms with Gasteiger partial charge in [-0.2, -0.15) is 60.5 Å². The third kappa shape index (κ3) is 7.52. The summed E-state index contributed by atoms with van der Waals surface area (Å²) in [4.78, 5) is 0. The smallest absolute Gasteiger partial charge is 0.0212 e. The van der Waals surface area contributed by atoms with Crippen LogP contribution in [0.1, 0.15) is 0 Å². The van der Waals surface area contributed by atoms with Crippen molar-refractivity contribution in [2.24, 2.45) is 0 Å². The van der Waals surface area contributed by atoms with Gasteiger partial charge in [0.15, 0.2) is 0 Å². The topological polar surface area (TPSA) is 0 Å². The monoisotopic (exact) mass is 334 g/mol. The van der Waals surface area contributed by atoms with E-state index in [1.807, 2.05) is 0 Å². The van der Waals surface area contributed by atoms with Gasteiger partial charge in [0.05, 0.1) is 0 Å². The summed E-state index contributed by atoms with van der Waals surface area (Å²) >= 11 is 14.9. The molecule has 1 heterocycles. The van der Waals surface area contributed by atoms with Gasteiger partial charge in [-0.25, -0.2) is 10.9 Å². The number of rotatable bonds is 8. The molecule has 0 N–H and O–H groups in total. The first-order chi connectivity index (χ1) is 7.86. The lowest BCUT2D eigenvalue weighted by Crippen LogP contribution is -2.21. The third-order valence-corrected chi connectivity index (χ3v) is 11.0. The molecule has 0 aromatic heterocycles. The zero-order valence-corrected chi connectivity index (χ0v) is 14.6. The molecule has 0 spiro atoms. The highest BCUT2D eigenvalue weighted by Crippen LogP contribution is 2.39. The van der Waals surface area contributed by atoms with Crippen LogP contribution in [0.5, 0.6) is 0 Å². The lowest BCUT2D eigenvalue weighted by atomic mass is 10.5. The fourth-order valence-corrected chi connectivity index (χ4v) is 10.2. The van der Waals surface area contributed by atoms with Crippen molar-refractivity contribution in [2.45, 2.75) is 5.25 Å². The first kappa shape index (κ1) is 16.2. The van der Waals surface area contributed by atoms with E-state index in [1.54, 1.807) is 0 Å². The molecule has 0 aromatic carbocycles. The van der Waals surface area contributed by atoms with Gasteiger partial charge >= 0.3 is 0 Å². The highest BCUT2D eigenvalue weighted by molar-refractivity contribution is 8.27. The molecule has 2 atom stereocenters. The minimum atomic E-state index is 0.332. The summed E-state index contributed by atoms with van der Waals surface area (Å²) in [5.41, 5.74) is 0. The van der Waals surface area contributed by atoms with E-state index in [0.717, 1.165) is 16.8 Å². The quantitative estimate of drug-likeness (QED) is 0.460. The molecule has 1 saturated heterocycles. The molecule has 0 aliphatic carbocycles. The first-order valence-electron chi connectivity index (χ1n) is 5.58. The summed E-state index contributed by atoms with van der Waals surface area (Å²) in [6, 6.07) is 0. The van der Waals surface area contributed by atoms with Gasteiger partial charge < -0.3 is 0 Å². The van der Waals surface area contributed by atoms with Crippen molar-refractivity contribution >= 4 is 71.4 Å². The summed E-state index contributed by atoms with van der Waals surface area (Å²) in [7, 11) is 0.332. The van der Waals surface area contributed by atoms with Gasteiger partial charge in [0, 0.05) is 33.3 Å². The Morgan fingerprint density at radius 1 is 1.19 bits per heavy atom. The lowest BCUT2D eigenvalue weighted by Gasteiger charge is -2.31. The Labute approximate surface area is 127 Å². The molecule has 1 aliphatic rings. The van der Waals surface area contributed by atoms with Gasteiger partial charge in [-0.3, -0.25) is 0 Å². The normalized spacial score (nSPS) is 28.1. The zero-order chi connectivity index (χ0) is 11.6. The highest BCUT2D eigenvalue weighted by atomic mass is 32.2. The summed E-state index contributed by atoms with van der Waals surface area (Å²) in [5, 5.41) is 2.35. The molecule has 98 valence electrons. The van der Waals surface area contributed by atoms with E-state index in [9.17, 15) is 0 Å². The van der Waals surface area contributed by atoms with Crippen LogP contribution in [0.2, 0.25) is 0 Å². The average molecular weight is 335 g/mol. The zero-order valence-electron chi connectivity index (χ0n) is 9.51. The Morgan fingerprint density at radius 2 is 1.94 bits per heavy atom. The second-order valence-corrected chi connectivity index (χ2v) is 11.1. The summed E-state index contributed by atoms with van der Waals surface area (Å²) < 4.78 is 0. The van der Waals surface area contributed by atoms with E-state index >= 15 is 0 Å². The fraction of sp³-hybridized carbons (Fsp3) is 1.00. The number of hydrogen-bond acceptors (Lipinski definition) is 5. The Morgan fingerprint density at radius 3 is 2.69 bits per heavy atom. The molecule has 0 radical (unpaired) electrons. The van der Waals surface area contributed by atoms with Crippen molar-refractivity contribution in [3.8, 4) is 0 Å². The summed E-state index contributed by atoms with van der Waals surface area (Å²) in [6.45, 7) is 0. The van der Waals surface area contributed by atoms with Crippen LogP contribution in [0.25, 0.3) is 0 Å². The van der Waals surface area contributed by atoms with Crippen molar-refractivity contribution in [2.75, 3.05) is 51.1 Å². The molecule has 1 aliphatic heterocycles. The minimum Gasteiger partial charge on any atom is -0.243 e. The maximum absolute atomic E-state index is 4.26. The highest BCUT2D eigenvalue weighted by Gasteiger charge is 2.19. The molecule has 0 saturated carbocycles. The van der Waals surface area contributed by atoms with Crippen molar-refractivity contribution < 1.29 is 0 Å². The van der Waals surface area contributed by atoms with Crippen LogP contribution < -0.4 is 0 Å². The second-order valence-electron chi connectivity index (χ2n) is 3.63.